The van der Waals surface area contributed by atoms with Crippen LogP contribution in [0.2, 0.25) is 0 Å². The summed E-state index contributed by atoms with van der Waals surface area (Å²) in [6.45, 7) is 1.28. The van der Waals surface area contributed by atoms with Crippen LogP contribution in [0.25, 0.3) is 10.9 Å². The number of benzene rings is 2. The quantitative estimate of drug-likeness (QED) is 0.720. The molecule has 0 saturated heterocycles. The Morgan fingerprint density at radius 3 is 2.26 bits per heavy atom. The lowest BCUT2D eigenvalue weighted by Crippen LogP contribution is -2.20. The molecule has 0 aliphatic rings. The van der Waals surface area contributed by atoms with Crippen molar-refractivity contribution in [1.29, 1.82) is 0 Å². The van der Waals surface area contributed by atoms with Gasteiger partial charge in [0.2, 0.25) is 0 Å². The maximum atomic E-state index is 13.1. The number of carbonyl (C=O) groups is 1. The van der Waals surface area contributed by atoms with Crippen LogP contribution >= 0.6 is 0 Å². The van der Waals surface area contributed by atoms with Crippen LogP contribution < -0.4 is 0 Å². The van der Waals surface area contributed by atoms with E-state index in [4.69, 9.17) is 0 Å². The van der Waals surface area contributed by atoms with Crippen LogP contribution in [0.4, 0.5) is 13.2 Å². The van der Waals surface area contributed by atoms with Crippen LogP contribution in [0.15, 0.2) is 59.5 Å². The molecule has 1 N–H and O–H groups in total. The predicted octanol–water partition coefficient (Wildman–Crippen LogP) is 4.09. The average Bonchev–Trinajstić information content (AvgIpc) is 3.00. The van der Waals surface area contributed by atoms with Gasteiger partial charge >= 0.3 is 12.1 Å². The highest BCUT2D eigenvalue weighted by atomic mass is 32.2. The Balaban J connectivity index is 2.35. The maximum absolute atomic E-state index is 13.1. The summed E-state index contributed by atoms with van der Waals surface area (Å²) in [4.78, 5) is 11.3. The Hall–Kier alpha value is -2.81. The van der Waals surface area contributed by atoms with Crippen molar-refractivity contribution in [2.75, 3.05) is 0 Å². The Labute approximate surface area is 152 Å². The van der Waals surface area contributed by atoms with Crippen LogP contribution in [-0.2, 0) is 21.0 Å². The Morgan fingerprint density at radius 1 is 1.07 bits per heavy atom. The first-order valence-electron chi connectivity index (χ1n) is 7.79. The van der Waals surface area contributed by atoms with E-state index < -0.39 is 33.7 Å². The normalized spacial score (nSPS) is 13.6. The van der Waals surface area contributed by atoms with Crippen molar-refractivity contribution in [2.24, 2.45) is 0 Å². The molecule has 0 radical (unpaired) electrons. The third-order valence-electron chi connectivity index (χ3n) is 4.21. The monoisotopic (exact) mass is 397 g/mol. The van der Waals surface area contributed by atoms with Crippen LogP contribution in [0.5, 0.6) is 0 Å². The minimum Gasteiger partial charge on any atom is -0.481 e. The first kappa shape index (κ1) is 19.0. The molecule has 5 nitrogen and oxygen atoms in total. The van der Waals surface area contributed by atoms with Crippen molar-refractivity contribution in [3.8, 4) is 0 Å². The van der Waals surface area contributed by atoms with E-state index in [2.05, 4.69) is 0 Å². The number of nitrogens with zero attached hydrogens (tertiary/aromatic N) is 1. The fraction of sp³-hybridized carbons (Fsp3) is 0.167. The van der Waals surface area contributed by atoms with Gasteiger partial charge in [0.1, 0.15) is 0 Å². The topological polar surface area (TPSA) is 76.4 Å². The number of carboxylic acid groups (broad SMARTS) is 1. The summed E-state index contributed by atoms with van der Waals surface area (Å²) in [6, 6.07) is 11.1. The lowest BCUT2D eigenvalue weighted by atomic mass is 10.1. The van der Waals surface area contributed by atoms with Crippen molar-refractivity contribution in [1.82, 2.24) is 3.97 Å². The van der Waals surface area contributed by atoms with Crippen LogP contribution in [0, 0.1) is 0 Å². The minimum absolute atomic E-state index is 0.00701. The van der Waals surface area contributed by atoms with E-state index in [0.717, 1.165) is 22.2 Å². The Bertz CT molecular complexity index is 1120. The molecule has 142 valence electrons. The standard InChI is InChI=1S/C18H14F3NO4S/c1-11(17(23)24)16-10-12-9-13(18(19,20)21)7-8-15(12)22(16)27(25,26)14-5-3-2-4-6-14/h2-11H,1H3,(H,23,24). The number of fused-ring (bicyclic) bond motifs is 1. The molecule has 1 aromatic heterocycles. The number of halogens is 3. The molecule has 1 heterocycles. The zero-order chi connectivity index (χ0) is 20.0. The Morgan fingerprint density at radius 2 is 1.70 bits per heavy atom. The second-order valence-corrected chi connectivity index (χ2v) is 7.77. The maximum Gasteiger partial charge on any atom is 0.416 e. The highest BCUT2D eigenvalue weighted by Gasteiger charge is 2.33. The molecular formula is C18H14F3NO4S. The van der Waals surface area contributed by atoms with Crippen LogP contribution in [-0.4, -0.2) is 23.5 Å². The molecule has 0 saturated carbocycles. The molecule has 0 bridgehead atoms. The Kier molecular flexibility index (Phi) is 4.51. The predicted molar refractivity (Wildman–Crippen MR) is 92.0 cm³/mol. The van der Waals surface area contributed by atoms with Crippen LogP contribution in [0.3, 0.4) is 0 Å². The molecule has 27 heavy (non-hydrogen) atoms. The van der Waals surface area contributed by atoms with E-state index in [1.807, 2.05) is 0 Å². The smallest absolute Gasteiger partial charge is 0.416 e. The molecular weight excluding hydrogens is 383 g/mol. The third-order valence-corrected chi connectivity index (χ3v) is 5.96. The summed E-state index contributed by atoms with van der Waals surface area (Å²) in [5.41, 5.74) is -1.09. The van der Waals surface area contributed by atoms with E-state index >= 15 is 0 Å². The molecule has 3 rings (SSSR count). The largest absolute Gasteiger partial charge is 0.481 e. The van der Waals surface area contributed by atoms with Gasteiger partial charge in [-0.15, -0.1) is 0 Å². The van der Waals surface area contributed by atoms with Gasteiger partial charge in [-0.25, -0.2) is 12.4 Å². The molecule has 0 amide bonds. The molecule has 3 aromatic rings. The summed E-state index contributed by atoms with van der Waals surface area (Å²) < 4.78 is 65.9. The SMILES string of the molecule is CC(C(=O)O)c1cc2cc(C(F)(F)F)ccc2n1S(=O)(=O)c1ccccc1. The summed E-state index contributed by atoms with van der Waals surface area (Å²) in [7, 11) is -4.21. The number of hydrogen-bond donors (Lipinski definition) is 1. The van der Waals surface area contributed by atoms with E-state index in [1.54, 1.807) is 6.07 Å². The number of rotatable bonds is 4. The van der Waals surface area contributed by atoms with Gasteiger partial charge in [-0.2, -0.15) is 13.2 Å². The summed E-state index contributed by atoms with van der Waals surface area (Å²) >= 11 is 0. The van der Waals surface area contributed by atoms with Crippen molar-refractivity contribution in [3.63, 3.8) is 0 Å². The van der Waals surface area contributed by atoms with Crippen molar-refractivity contribution < 1.29 is 31.5 Å². The first-order chi connectivity index (χ1) is 12.5. The number of hydrogen-bond acceptors (Lipinski definition) is 3. The van der Waals surface area contributed by atoms with Gasteiger partial charge in [-0.1, -0.05) is 18.2 Å². The molecule has 0 aliphatic heterocycles. The van der Waals surface area contributed by atoms with Gasteiger partial charge in [0.25, 0.3) is 10.0 Å². The molecule has 1 unspecified atom stereocenters. The van der Waals surface area contributed by atoms with Crippen LogP contribution in [0.1, 0.15) is 24.1 Å². The number of aliphatic carboxylic acids is 1. The number of carboxylic acids is 1. The summed E-state index contributed by atoms with van der Waals surface area (Å²) in [5.74, 6) is -2.54. The third kappa shape index (κ3) is 3.30. The second kappa shape index (κ2) is 6.41. The van der Waals surface area contributed by atoms with Crippen molar-refractivity contribution >= 4 is 26.9 Å². The van der Waals surface area contributed by atoms with Gasteiger partial charge in [-0.3, -0.25) is 4.79 Å². The van der Waals surface area contributed by atoms with Gasteiger partial charge in [0.15, 0.2) is 0 Å². The number of alkyl halides is 3. The fourth-order valence-electron chi connectivity index (χ4n) is 2.78. The van der Waals surface area contributed by atoms with Gasteiger partial charge in [0, 0.05) is 11.1 Å². The number of aromatic nitrogens is 1. The molecule has 2 aromatic carbocycles. The second-order valence-electron chi connectivity index (χ2n) is 5.98. The lowest BCUT2D eigenvalue weighted by molar-refractivity contribution is -0.139. The van der Waals surface area contributed by atoms with Gasteiger partial charge in [-0.05, 0) is 43.3 Å². The van der Waals surface area contributed by atoms with Gasteiger partial charge in [0.05, 0.1) is 21.9 Å². The molecule has 0 fully saturated rings. The summed E-state index contributed by atoms with van der Waals surface area (Å²) in [5, 5.41) is 9.31. The zero-order valence-electron chi connectivity index (χ0n) is 13.9. The van der Waals surface area contributed by atoms with Crippen molar-refractivity contribution in [2.45, 2.75) is 23.9 Å². The lowest BCUT2D eigenvalue weighted by Gasteiger charge is -2.14. The molecule has 1 atom stereocenters. The van der Waals surface area contributed by atoms with E-state index in [9.17, 15) is 31.5 Å². The van der Waals surface area contributed by atoms with Gasteiger partial charge < -0.3 is 5.11 Å². The minimum atomic E-state index is -4.60. The highest BCUT2D eigenvalue weighted by molar-refractivity contribution is 7.90. The first-order valence-corrected chi connectivity index (χ1v) is 9.23. The molecule has 0 spiro atoms. The zero-order valence-corrected chi connectivity index (χ0v) is 14.8. The molecule has 0 aliphatic carbocycles. The fourth-order valence-corrected chi connectivity index (χ4v) is 4.41. The summed E-state index contributed by atoms with van der Waals surface area (Å²) in [6.07, 6.45) is -4.60. The van der Waals surface area contributed by atoms with E-state index in [0.29, 0.717) is 0 Å². The molecule has 9 heteroatoms. The highest BCUT2D eigenvalue weighted by Crippen LogP contribution is 2.35. The average molecular weight is 397 g/mol. The van der Waals surface area contributed by atoms with Crippen molar-refractivity contribution in [3.05, 3.63) is 65.9 Å². The van der Waals surface area contributed by atoms with E-state index in [-0.39, 0.29) is 21.5 Å². The van der Waals surface area contributed by atoms with E-state index in [1.165, 1.54) is 37.3 Å².